The summed E-state index contributed by atoms with van der Waals surface area (Å²) in [4.78, 5) is 19.7. The van der Waals surface area contributed by atoms with E-state index in [9.17, 15) is 4.79 Å². The van der Waals surface area contributed by atoms with E-state index in [1.54, 1.807) is 11.0 Å². The highest BCUT2D eigenvalue weighted by molar-refractivity contribution is 7.10. The maximum absolute atomic E-state index is 11.9. The van der Waals surface area contributed by atoms with Crippen LogP contribution in [0.15, 0.2) is 24.1 Å². The topological polar surface area (TPSA) is 75.1 Å². The molecule has 130 valence electrons. The Hall–Kier alpha value is -1.93. The number of aryl methyl sites for hydroxylation is 1. The van der Waals surface area contributed by atoms with Gasteiger partial charge in [0, 0.05) is 43.6 Å². The smallest absolute Gasteiger partial charge is 0.314 e. The lowest BCUT2D eigenvalue weighted by atomic mass is 10.1. The van der Waals surface area contributed by atoms with Crippen LogP contribution >= 0.6 is 11.3 Å². The molecule has 0 radical (unpaired) electrons. The number of urea groups is 1. The molecular formula is C16H24N6OS. The van der Waals surface area contributed by atoms with Crippen LogP contribution in [0.2, 0.25) is 0 Å². The predicted octanol–water partition coefficient (Wildman–Crippen LogP) is 1.48. The van der Waals surface area contributed by atoms with E-state index in [2.05, 4.69) is 44.0 Å². The van der Waals surface area contributed by atoms with Crippen molar-refractivity contribution in [3.8, 4) is 0 Å². The minimum atomic E-state index is -0.103. The second-order valence-corrected chi connectivity index (χ2v) is 7.09. The zero-order valence-corrected chi connectivity index (χ0v) is 14.8. The highest BCUT2D eigenvalue weighted by Gasteiger charge is 2.21. The van der Waals surface area contributed by atoms with Crippen LogP contribution in [-0.4, -0.2) is 51.4 Å². The first-order valence-electron chi connectivity index (χ1n) is 8.36. The van der Waals surface area contributed by atoms with Crippen LogP contribution < -0.4 is 10.6 Å². The Bertz CT molecular complexity index is 641. The summed E-state index contributed by atoms with van der Waals surface area (Å²) in [5, 5.41) is 12.1. The van der Waals surface area contributed by atoms with Gasteiger partial charge in [0.1, 0.15) is 12.7 Å². The molecule has 1 aliphatic rings. The minimum Gasteiger partial charge on any atom is -0.338 e. The summed E-state index contributed by atoms with van der Waals surface area (Å²) in [5.74, 6) is 0. The van der Waals surface area contributed by atoms with E-state index < -0.39 is 0 Å². The summed E-state index contributed by atoms with van der Waals surface area (Å²) in [7, 11) is 0. The van der Waals surface area contributed by atoms with Gasteiger partial charge < -0.3 is 10.6 Å². The molecule has 2 aromatic rings. The molecule has 0 bridgehead atoms. The number of nitrogens with one attached hydrogen (secondary N) is 2. The monoisotopic (exact) mass is 348 g/mol. The van der Waals surface area contributed by atoms with Gasteiger partial charge >= 0.3 is 6.03 Å². The van der Waals surface area contributed by atoms with Crippen molar-refractivity contribution in [2.24, 2.45) is 0 Å². The van der Waals surface area contributed by atoms with E-state index in [1.807, 2.05) is 11.3 Å². The van der Waals surface area contributed by atoms with Gasteiger partial charge in [0.05, 0.1) is 0 Å². The third kappa shape index (κ3) is 4.55. The first-order valence-corrected chi connectivity index (χ1v) is 9.24. The number of rotatable bonds is 7. The summed E-state index contributed by atoms with van der Waals surface area (Å²) in [6, 6.07) is 2.45. The lowest BCUT2D eigenvalue weighted by Gasteiger charge is -2.32. The molecule has 7 nitrogen and oxygen atoms in total. The number of hydrogen-bond donors (Lipinski definition) is 2. The second-order valence-electron chi connectivity index (χ2n) is 6.09. The van der Waals surface area contributed by atoms with Gasteiger partial charge in [-0.1, -0.05) is 0 Å². The van der Waals surface area contributed by atoms with Gasteiger partial charge in [0.2, 0.25) is 0 Å². The van der Waals surface area contributed by atoms with E-state index in [1.165, 1.54) is 16.8 Å². The molecule has 1 unspecified atom stereocenters. The van der Waals surface area contributed by atoms with Crippen LogP contribution in [0.3, 0.4) is 0 Å². The van der Waals surface area contributed by atoms with E-state index in [-0.39, 0.29) is 6.03 Å². The Labute approximate surface area is 146 Å². The fourth-order valence-corrected chi connectivity index (χ4v) is 3.76. The lowest BCUT2D eigenvalue weighted by Crippen LogP contribution is -2.46. The number of hydrogen-bond acceptors (Lipinski definition) is 5. The average Bonchev–Trinajstić information content (AvgIpc) is 3.27. The summed E-state index contributed by atoms with van der Waals surface area (Å²) in [6.07, 6.45) is 5.14. The average molecular weight is 348 g/mol. The molecule has 1 atom stereocenters. The zero-order chi connectivity index (χ0) is 16.8. The largest absolute Gasteiger partial charge is 0.338 e. The normalized spacial score (nSPS) is 15.7. The first kappa shape index (κ1) is 16.9. The SMILES string of the molecule is CC(CNC(=O)NCCCn1cncn1)N1CCc2sccc2C1. The van der Waals surface area contributed by atoms with E-state index in [0.717, 1.165) is 32.5 Å². The molecule has 0 aromatic carbocycles. The van der Waals surface area contributed by atoms with Gasteiger partial charge in [-0.25, -0.2) is 9.78 Å². The fourth-order valence-electron chi connectivity index (χ4n) is 2.87. The van der Waals surface area contributed by atoms with Gasteiger partial charge in [0.25, 0.3) is 0 Å². The minimum absolute atomic E-state index is 0.103. The van der Waals surface area contributed by atoms with Crippen molar-refractivity contribution in [2.75, 3.05) is 19.6 Å². The molecule has 2 aromatic heterocycles. The van der Waals surface area contributed by atoms with Crippen LogP contribution in [0.1, 0.15) is 23.8 Å². The molecule has 3 rings (SSSR count). The lowest BCUT2D eigenvalue weighted by molar-refractivity contribution is 0.186. The number of carbonyl (C=O) groups is 1. The van der Waals surface area contributed by atoms with Crippen LogP contribution in [0, 0.1) is 0 Å². The van der Waals surface area contributed by atoms with Gasteiger partial charge in [-0.3, -0.25) is 9.58 Å². The van der Waals surface area contributed by atoms with Gasteiger partial charge in [-0.2, -0.15) is 5.10 Å². The van der Waals surface area contributed by atoms with Crippen molar-refractivity contribution < 1.29 is 4.79 Å². The quantitative estimate of drug-likeness (QED) is 0.743. The molecule has 0 fully saturated rings. The number of carbonyl (C=O) groups excluding carboxylic acids is 1. The van der Waals surface area contributed by atoms with Crippen LogP contribution in [-0.2, 0) is 19.5 Å². The van der Waals surface area contributed by atoms with Gasteiger partial charge in [-0.15, -0.1) is 11.3 Å². The van der Waals surface area contributed by atoms with E-state index in [0.29, 0.717) is 19.1 Å². The van der Waals surface area contributed by atoms with Crippen LogP contribution in [0.5, 0.6) is 0 Å². The zero-order valence-electron chi connectivity index (χ0n) is 13.9. The predicted molar refractivity (Wildman–Crippen MR) is 93.9 cm³/mol. The molecule has 1 aliphatic heterocycles. The fraction of sp³-hybridized carbons (Fsp3) is 0.562. The molecular weight excluding hydrogens is 324 g/mol. The second kappa shape index (κ2) is 8.25. The molecule has 0 spiro atoms. The molecule has 2 amide bonds. The summed E-state index contributed by atoms with van der Waals surface area (Å²) in [5.41, 5.74) is 1.44. The van der Waals surface area contributed by atoms with Crippen molar-refractivity contribution in [2.45, 2.75) is 38.9 Å². The maximum atomic E-state index is 11.9. The third-order valence-electron chi connectivity index (χ3n) is 4.33. The molecule has 0 aliphatic carbocycles. The van der Waals surface area contributed by atoms with Crippen LogP contribution in [0.25, 0.3) is 0 Å². The molecule has 3 heterocycles. The Morgan fingerprint density at radius 2 is 2.38 bits per heavy atom. The van der Waals surface area contributed by atoms with Crippen molar-refractivity contribution in [1.29, 1.82) is 0 Å². The van der Waals surface area contributed by atoms with E-state index >= 15 is 0 Å². The number of aromatic nitrogens is 3. The number of fused-ring (bicyclic) bond motifs is 1. The third-order valence-corrected chi connectivity index (χ3v) is 5.36. The first-order chi connectivity index (χ1) is 11.7. The number of thiophene rings is 1. The Morgan fingerprint density at radius 3 is 3.21 bits per heavy atom. The van der Waals surface area contributed by atoms with Gasteiger partial charge in [0.15, 0.2) is 0 Å². The Morgan fingerprint density at radius 1 is 1.46 bits per heavy atom. The van der Waals surface area contributed by atoms with Crippen molar-refractivity contribution >= 4 is 17.4 Å². The summed E-state index contributed by atoms with van der Waals surface area (Å²) >= 11 is 1.85. The molecule has 0 saturated heterocycles. The van der Waals surface area contributed by atoms with Crippen molar-refractivity contribution in [3.05, 3.63) is 34.5 Å². The maximum Gasteiger partial charge on any atom is 0.314 e. The summed E-state index contributed by atoms with van der Waals surface area (Å²) in [6.45, 7) is 6.27. The molecule has 8 heteroatoms. The number of nitrogens with zero attached hydrogens (tertiary/aromatic N) is 4. The van der Waals surface area contributed by atoms with Crippen molar-refractivity contribution in [1.82, 2.24) is 30.3 Å². The standard InChI is InChI=1S/C16H24N6OS/c1-13(21-7-3-15-14(10-21)4-8-24-15)9-19-16(23)18-5-2-6-22-12-17-11-20-22/h4,8,11-13H,2-3,5-7,9-10H2,1H3,(H2,18,19,23). The van der Waals surface area contributed by atoms with Crippen LogP contribution in [0.4, 0.5) is 4.79 Å². The highest BCUT2D eigenvalue weighted by Crippen LogP contribution is 2.24. The molecule has 24 heavy (non-hydrogen) atoms. The Kier molecular flexibility index (Phi) is 5.81. The molecule has 2 N–H and O–H groups in total. The summed E-state index contributed by atoms with van der Waals surface area (Å²) < 4.78 is 1.76. The van der Waals surface area contributed by atoms with Crippen molar-refractivity contribution in [3.63, 3.8) is 0 Å². The Balaban J connectivity index is 1.31. The number of amides is 2. The highest BCUT2D eigenvalue weighted by atomic mass is 32.1. The van der Waals surface area contributed by atoms with Gasteiger partial charge in [-0.05, 0) is 36.8 Å². The van der Waals surface area contributed by atoms with E-state index in [4.69, 9.17) is 0 Å². The molecule has 0 saturated carbocycles.